The minimum absolute atomic E-state index is 0.0148. The molecular weight excluding hydrogens is 516 g/mol. The molecule has 1 aromatic carbocycles. The van der Waals surface area contributed by atoms with Gasteiger partial charge in [-0.15, -0.1) is 0 Å². The fourth-order valence-corrected chi connectivity index (χ4v) is 5.34. The lowest BCUT2D eigenvalue weighted by Gasteiger charge is -2.27. The topological polar surface area (TPSA) is 95.0 Å². The average Bonchev–Trinajstić information content (AvgIpc) is 3.17. The zero-order valence-corrected chi connectivity index (χ0v) is 24.6. The highest BCUT2D eigenvalue weighted by atomic mass is 35.5. The number of carboxylic acid groups (broad SMARTS) is 1. The van der Waals surface area contributed by atoms with Crippen LogP contribution in [0.4, 0.5) is 5.69 Å². The van der Waals surface area contributed by atoms with E-state index in [0.29, 0.717) is 17.3 Å². The molecule has 1 saturated heterocycles. The predicted octanol–water partition coefficient (Wildman–Crippen LogP) is 7.39. The zero-order valence-electron chi connectivity index (χ0n) is 23.8. The quantitative estimate of drug-likeness (QED) is 0.132. The summed E-state index contributed by atoms with van der Waals surface area (Å²) in [4.78, 5) is 52.7. The van der Waals surface area contributed by atoms with Crippen molar-refractivity contribution in [2.24, 2.45) is 5.92 Å². The number of hydrogen-bond acceptors (Lipinski definition) is 4. The average molecular weight is 563 g/mol. The number of amides is 3. The van der Waals surface area contributed by atoms with E-state index in [2.05, 4.69) is 6.92 Å². The standard InChI is InChI=1S/C31H47ClN2O5/c1-3-4-5-6-7-8-9-10-11-12-13-14-15-16-21-33-28(35)22-25(30(33)37)23-29(36)34(24(2)31(38)39)27-19-17-26(32)18-20-27/h17-20,24-25H,3-16,21-23H2,1-2H3,(H,38,39). The maximum absolute atomic E-state index is 13.1. The minimum Gasteiger partial charge on any atom is -0.480 e. The van der Waals surface area contributed by atoms with Gasteiger partial charge in [0.1, 0.15) is 6.04 Å². The second-order valence-electron chi connectivity index (χ2n) is 10.8. The van der Waals surface area contributed by atoms with Crippen molar-refractivity contribution < 1.29 is 24.3 Å². The number of rotatable bonds is 20. The lowest BCUT2D eigenvalue weighted by molar-refractivity contribution is -0.140. The fraction of sp³-hybridized carbons (Fsp3) is 0.677. The molecule has 2 unspecified atom stereocenters. The summed E-state index contributed by atoms with van der Waals surface area (Å²) in [6, 6.07) is 5.17. The lowest BCUT2D eigenvalue weighted by Crippen LogP contribution is -2.44. The largest absolute Gasteiger partial charge is 0.480 e. The molecule has 1 aromatic rings. The summed E-state index contributed by atoms with van der Waals surface area (Å²) < 4.78 is 0. The number of nitrogens with zero attached hydrogens (tertiary/aromatic N) is 2. The van der Waals surface area contributed by atoms with Crippen LogP contribution in [-0.4, -0.2) is 46.3 Å². The third kappa shape index (κ3) is 11.3. The lowest BCUT2D eigenvalue weighted by atomic mass is 10.0. The Kier molecular flexibility index (Phi) is 15.2. The number of imide groups is 1. The van der Waals surface area contributed by atoms with Gasteiger partial charge in [-0.05, 0) is 37.6 Å². The van der Waals surface area contributed by atoms with Crippen molar-refractivity contribution in [3.63, 3.8) is 0 Å². The van der Waals surface area contributed by atoms with E-state index in [9.17, 15) is 24.3 Å². The molecule has 3 amide bonds. The first-order chi connectivity index (χ1) is 18.8. The number of halogens is 1. The summed E-state index contributed by atoms with van der Waals surface area (Å²) in [6.45, 7) is 4.04. The van der Waals surface area contributed by atoms with Gasteiger partial charge in [0.25, 0.3) is 0 Å². The van der Waals surface area contributed by atoms with Crippen LogP contribution in [0.2, 0.25) is 5.02 Å². The Morgan fingerprint density at radius 2 is 1.38 bits per heavy atom. The monoisotopic (exact) mass is 562 g/mol. The Labute approximate surface area is 239 Å². The molecule has 1 heterocycles. The van der Waals surface area contributed by atoms with E-state index in [1.54, 1.807) is 24.3 Å². The van der Waals surface area contributed by atoms with Crippen molar-refractivity contribution in [1.82, 2.24) is 4.90 Å². The van der Waals surface area contributed by atoms with Gasteiger partial charge in [-0.3, -0.25) is 24.2 Å². The van der Waals surface area contributed by atoms with Crippen LogP contribution in [0.25, 0.3) is 0 Å². The summed E-state index contributed by atoms with van der Waals surface area (Å²) in [5.74, 6) is -3.00. The summed E-state index contributed by atoms with van der Waals surface area (Å²) in [5.41, 5.74) is 0.385. The first kappa shape index (κ1) is 32.8. The number of likely N-dealkylation sites (tertiary alicyclic amines) is 1. The molecule has 0 bridgehead atoms. The van der Waals surface area contributed by atoms with E-state index >= 15 is 0 Å². The maximum Gasteiger partial charge on any atom is 0.326 e. The number of carbonyl (C=O) groups is 4. The summed E-state index contributed by atoms with van der Waals surface area (Å²) in [5, 5.41) is 9.98. The van der Waals surface area contributed by atoms with Crippen molar-refractivity contribution in [3.8, 4) is 0 Å². The number of carbonyl (C=O) groups excluding carboxylic acids is 3. The highest BCUT2D eigenvalue weighted by molar-refractivity contribution is 6.30. The number of aliphatic carboxylic acids is 1. The van der Waals surface area contributed by atoms with Gasteiger partial charge < -0.3 is 5.11 Å². The van der Waals surface area contributed by atoms with E-state index in [-0.39, 0.29) is 24.7 Å². The third-order valence-electron chi connectivity index (χ3n) is 7.61. The molecule has 7 nitrogen and oxygen atoms in total. The van der Waals surface area contributed by atoms with E-state index in [4.69, 9.17) is 11.6 Å². The summed E-state index contributed by atoms with van der Waals surface area (Å²) in [7, 11) is 0. The van der Waals surface area contributed by atoms with Crippen LogP contribution in [0.3, 0.4) is 0 Å². The molecule has 0 spiro atoms. The van der Waals surface area contributed by atoms with Crippen LogP contribution >= 0.6 is 11.6 Å². The first-order valence-corrected chi connectivity index (χ1v) is 15.3. The maximum atomic E-state index is 13.1. The zero-order chi connectivity index (χ0) is 28.6. The molecule has 8 heteroatoms. The number of anilines is 1. The van der Waals surface area contributed by atoms with Crippen LogP contribution < -0.4 is 4.90 Å². The van der Waals surface area contributed by atoms with Crippen molar-refractivity contribution >= 4 is 41.0 Å². The van der Waals surface area contributed by atoms with Gasteiger partial charge in [-0.1, -0.05) is 102 Å². The highest BCUT2D eigenvalue weighted by Gasteiger charge is 2.40. The Balaban J connectivity index is 1.69. The second-order valence-corrected chi connectivity index (χ2v) is 11.3. The van der Waals surface area contributed by atoms with E-state index < -0.39 is 23.8 Å². The van der Waals surface area contributed by atoms with Gasteiger partial charge in [0, 0.05) is 30.1 Å². The van der Waals surface area contributed by atoms with Crippen LogP contribution in [-0.2, 0) is 19.2 Å². The molecule has 1 fully saturated rings. The number of benzene rings is 1. The molecular formula is C31H47ClN2O5. The van der Waals surface area contributed by atoms with Crippen molar-refractivity contribution in [1.29, 1.82) is 0 Å². The van der Waals surface area contributed by atoms with E-state index in [1.807, 2.05) is 0 Å². The normalized spacial score (nSPS) is 16.1. The predicted molar refractivity (Wildman–Crippen MR) is 156 cm³/mol. The molecule has 1 N–H and O–H groups in total. The van der Waals surface area contributed by atoms with Gasteiger partial charge >= 0.3 is 5.97 Å². The number of unbranched alkanes of at least 4 members (excludes halogenated alkanes) is 13. The van der Waals surface area contributed by atoms with Crippen LogP contribution in [0.1, 0.15) is 117 Å². The molecule has 218 valence electrons. The minimum atomic E-state index is -1.16. The molecule has 0 aliphatic carbocycles. The molecule has 39 heavy (non-hydrogen) atoms. The highest BCUT2D eigenvalue weighted by Crippen LogP contribution is 2.27. The summed E-state index contributed by atoms with van der Waals surface area (Å²) >= 11 is 5.94. The van der Waals surface area contributed by atoms with E-state index in [1.165, 1.54) is 82.5 Å². The number of carboxylic acids is 1. The van der Waals surface area contributed by atoms with Crippen molar-refractivity contribution in [3.05, 3.63) is 29.3 Å². The Morgan fingerprint density at radius 1 is 0.897 bits per heavy atom. The van der Waals surface area contributed by atoms with Gasteiger partial charge in [0.05, 0.1) is 5.92 Å². The molecule has 1 aliphatic rings. The SMILES string of the molecule is CCCCCCCCCCCCCCCCN1C(=O)CC(CC(=O)N(c2ccc(Cl)cc2)C(C)C(=O)O)C1=O. The molecule has 0 radical (unpaired) electrons. The smallest absolute Gasteiger partial charge is 0.326 e. The Hall–Kier alpha value is -2.41. The number of hydrogen-bond donors (Lipinski definition) is 1. The Morgan fingerprint density at radius 3 is 1.87 bits per heavy atom. The van der Waals surface area contributed by atoms with Crippen molar-refractivity contribution in [2.75, 3.05) is 11.4 Å². The van der Waals surface area contributed by atoms with Gasteiger partial charge in [0.2, 0.25) is 17.7 Å². The second kappa shape index (κ2) is 18.0. The molecule has 0 saturated carbocycles. The van der Waals surface area contributed by atoms with Crippen LogP contribution in [0.5, 0.6) is 0 Å². The van der Waals surface area contributed by atoms with Crippen molar-refractivity contribution in [2.45, 2.75) is 123 Å². The van der Waals surface area contributed by atoms with E-state index in [0.717, 1.165) is 24.2 Å². The van der Waals surface area contributed by atoms with Crippen LogP contribution in [0, 0.1) is 5.92 Å². The molecule has 2 rings (SSSR count). The third-order valence-corrected chi connectivity index (χ3v) is 7.86. The first-order valence-electron chi connectivity index (χ1n) is 14.9. The molecule has 1 aliphatic heterocycles. The summed E-state index contributed by atoms with van der Waals surface area (Å²) in [6.07, 6.45) is 17.1. The van der Waals surface area contributed by atoms with Gasteiger partial charge in [0.15, 0.2) is 0 Å². The fourth-order valence-electron chi connectivity index (χ4n) is 5.22. The Bertz CT molecular complexity index is 920. The van der Waals surface area contributed by atoms with Crippen LogP contribution in [0.15, 0.2) is 24.3 Å². The van der Waals surface area contributed by atoms with Gasteiger partial charge in [-0.25, -0.2) is 4.79 Å². The van der Waals surface area contributed by atoms with Gasteiger partial charge in [-0.2, -0.15) is 0 Å². The molecule has 2 atom stereocenters. The molecule has 0 aromatic heterocycles.